The standard InChI is InChI=1S/C21H25N7/c1-12-10-14(26-20(22)23)4-6-16(12)18-8-9-19(28(18)3)17-7-5-15(11-13(17)2)27-21(24)25/h4-11H,1-3H3,(H4,22,23,26)(H4,24,25,27). The van der Waals surface area contributed by atoms with Crippen molar-refractivity contribution in [3.8, 4) is 22.5 Å². The Balaban J connectivity index is 2.02. The number of aromatic nitrogens is 1. The molecule has 3 rings (SSSR count). The average Bonchev–Trinajstić information content (AvgIpc) is 2.95. The molecule has 0 aliphatic rings. The maximum absolute atomic E-state index is 5.47. The van der Waals surface area contributed by atoms with Crippen molar-refractivity contribution < 1.29 is 0 Å². The molecule has 0 atom stereocenters. The summed E-state index contributed by atoms with van der Waals surface area (Å²) in [6, 6.07) is 16.0. The van der Waals surface area contributed by atoms with Gasteiger partial charge in [0.2, 0.25) is 0 Å². The summed E-state index contributed by atoms with van der Waals surface area (Å²) >= 11 is 0. The highest BCUT2D eigenvalue weighted by molar-refractivity contribution is 5.81. The molecule has 0 bridgehead atoms. The Bertz CT molecular complexity index is 997. The molecular weight excluding hydrogens is 350 g/mol. The number of nitrogens with two attached hydrogens (primary N) is 4. The maximum Gasteiger partial charge on any atom is 0.191 e. The van der Waals surface area contributed by atoms with Gasteiger partial charge in [0.25, 0.3) is 0 Å². The van der Waals surface area contributed by atoms with Crippen molar-refractivity contribution in [1.82, 2.24) is 4.57 Å². The summed E-state index contributed by atoms with van der Waals surface area (Å²) in [6.45, 7) is 4.09. The van der Waals surface area contributed by atoms with Crippen LogP contribution >= 0.6 is 0 Å². The minimum absolute atomic E-state index is 0.0490. The molecule has 2 aromatic carbocycles. The lowest BCUT2D eigenvalue weighted by molar-refractivity contribution is 0.943. The Morgan fingerprint density at radius 3 is 1.39 bits per heavy atom. The number of benzene rings is 2. The number of rotatable bonds is 4. The van der Waals surface area contributed by atoms with Crippen LogP contribution < -0.4 is 22.9 Å². The van der Waals surface area contributed by atoms with Gasteiger partial charge in [-0.15, -0.1) is 0 Å². The van der Waals surface area contributed by atoms with E-state index in [2.05, 4.69) is 33.7 Å². The zero-order chi connectivity index (χ0) is 20.4. The first-order chi connectivity index (χ1) is 13.3. The predicted molar refractivity (Wildman–Crippen MR) is 117 cm³/mol. The molecule has 0 aliphatic carbocycles. The number of nitrogens with zero attached hydrogens (tertiary/aromatic N) is 3. The Morgan fingerprint density at radius 1 is 0.679 bits per heavy atom. The fourth-order valence-corrected chi connectivity index (χ4v) is 3.36. The van der Waals surface area contributed by atoms with E-state index in [0.717, 1.165) is 45.0 Å². The van der Waals surface area contributed by atoms with Crippen molar-refractivity contribution >= 4 is 23.3 Å². The molecular formula is C21H25N7. The predicted octanol–water partition coefficient (Wildman–Crippen LogP) is 2.79. The van der Waals surface area contributed by atoms with Gasteiger partial charge in [0.15, 0.2) is 11.9 Å². The van der Waals surface area contributed by atoms with Gasteiger partial charge in [0.05, 0.1) is 11.4 Å². The fraction of sp³-hybridized carbons (Fsp3) is 0.143. The lowest BCUT2D eigenvalue weighted by atomic mass is 10.0. The molecule has 1 aromatic heterocycles. The fourth-order valence-electron chi connectivity index (χ4n) is 3.36. The van der Waals surface area contributed by atoms with E-state index in [1.807, 2.05) is 50.2 Å². The summed E-state index contributed by atoms with van der Waals surface area (Å²) in [4.78, 5) is 8.22. The molecule has 0 unspecified atom stereocenters. The van der Waals surface area contributed by atoms with E-state index in [4.69, 9.17) is 22.9 Å². The Kier molecular flexibility index (Phi) is 5.08. The van der Waals surface area contributed by atoms with E-state index in [-0.39, 0.29) is 11.9 Å². The second kappa shape index (κ2) is 7.48. The number of guanidine groups is 2. The molecule has 8 N–H and O–H groups in total. The van der Waals surface area contributed by atoms with Crippen LogP contribution in [-0.2, 0) is 7.05 Å². The van der Waals surface area contributed by atoms with Crippen molar-refractivity contribution in [1.29, 1.82) is 0 Å². The van der Waals surface area contributed by atoms with E-state index in [1.54, 1.807) is 0 Å². The highest BCUT2D eigenvalue weighted by Gasteiger charge is 2.13. The van der Waals surface area contributed by atoms with Crippen LogP contribution in [0.5, 0.6) is 0 Å². The van der Waals surface area contributed by atoms with Gasteiger partial charge in [-0.3, -0.25) is 0 Å². The van der Waals surface area contributed by atoms with E-state index in [9.17, 15) is 0 Å². The number of aliphatic imine (C=N–C) groups is 2. The van der Waals surface area contributed by atoms with Gasteiger partial charge < -0.3 is 27.5 Å². The molecule has 3 aromatic rings. The highest BCUT2D eigenvalue weighted by Crippen LogP contribution is 2.33. The minimum Gasteiger partial charge on any atom is -0.370 e. The first-order valence-electron chi connectivity index (χ1n) is 8.83. The summed E-state index contributed by atoms with van der Waals surface area (Å²) in [5, 5.41) is 0. The molecule has 0 saturated heterocycles. The third-order valence-corrected chi connectivity index (χ3v) is 4.61. The van der Waals surface area contributed by atoms with Crippen molar-refractivity contribution in [3.05, 3.63) is 59.7 Å². The van der Waals surface area contributed by atoms with Crippen LogP contribution in [0.3, 0.4) is 0 Å². The van der Waals surface area contributed by atoms with Crippen molar-refractivity contribution in [3.63, 3.8) is 0 Å². The quantitative estimate of drug-likeness (QED) is 0.412. The highest BCUT2D eigenvalue weighted by atomic mass is 15.0. The first kappa shape index (κ1) is 19.0. The van der Waals surface area contributed by atoms with Crippen LogP contribution in [0.2, 0.25) is 0 Å². The first-order valence-corrected chi connectivity index (χ1v) is 8.83. The van der Waals surface area contributed by atoms with Crippen LogP contribution in [0.1, 0.15) is 11.1 Å². The van der Waals surface area contributed by atoms with E-state index < -0.39 is 0 Å². The van der Waals surface area contributed by atoms with Crippen molar-refractivity contribution in [2.75, 3.05) is 0 Å². The Morgan fingerprint density at radius 2 is 1.07 bits per heavy atom. The smallest absolute Gasteiger partial charge is 0.191 e. The molecule has 0 aliphatic heterocycles. The summed E-state index contributed by atoms with van der Waals surface area (Å²) in [7, 11) is 2.05. The lowest BCUT2D eigenvalue weighted by Gasteiger charge is -2.13. The normalized spacial score (nSPS) is 10.5. The van der Waals surface area contributed by atoms with Crippen molar-refractivity contribution in [2.45, 2.75) is 13.8 Å². The number of hydrogen-bond acceptors (Lipinski definition) is 2. The second-order valence-electron chi connectivity index (χ2n) is 6.73. The van der Waals surface area contributed by atoms with Crippen LogP contribution in [0.25, 0.3) is 22.5 Å². The summed E-state index contributed by atoms with van der Waals surface area (Å²) in [5.41, 5.74) is 30.0. The average molecular weight is 375 g/mol. The monoisotopic (exact) mass is 375 g/mol. The Labute approximate surface area is 164 Å². The molecule has 0 saturated carbocycles. The van der Waals surface area contributed by atoms with Crippen LogP contribution in [0.4, 0.5) is 11.4 Å². The van der Waals surface area contributed by atoms with Gasteiger partial charge in [-0.2, -0.15) is 0 Å². The molecule has 7 heteroatoms. The van der Waals surface area contributed by atoms with Gasteiger partial charge >= 0.3 is 0 Å². The van der Waals surface area contributed by atoms with E-state index in [0.29, 0.717) is 0 Å². The number of aryl methyl sites for hydroxylation is 2. The van der Waals surface area contributed by atoms with Gasteiger partial charge in [0, 0.05) is 29.6 Å². The molecule has 144 valence electrons. The van der Waals surface area contributed by atoms with E-state index >= 15 is 0 Å². The lowest BCUT2D eigenvalue weighted by Crippen LogP contribution is -2.21. The third kappa shape index (κ3) is 3.83. The zero-order valence-corrected chi connectivity index (χ0v) is 16.3. The largest absolute Gasteiger partial charge is 0.370 e. The topological polar surface area (TPSA) is 134 Å². The van der Waals surface area contributed by atoms with Gasteiger partial charge in [-0.1, -0.05) is 12.1 Å². The molecule has 0 radical (unpaired) electrons. The molecule has 28 heavy (non-hydrogen) atoms. The molecule has 0 amide bonds. The maximum atomic E-state index is 5.47. The van der Waals surface area contributed by atoms with Crippen LogP contribution in [0.15, 0.2) is 58.5 Å². The second-order valence-corrected chi connectivity index (χ2v) is 6.73. The molecule has 1 heterocycles. The van der Waals surface area contributed by atoms with Crippen LogP contribution in [0, 0.1) is 13.8 Å². The summed E-state index contributed by atoms with van der Waals surface area (Å²) < 4.78 is 2.17. The summed E-state index contributed by atoms with van der Waals surface area (Å²) in [6.07, 6.45) is 0. The van der Waals surface area contributed by atoms with Crippen LogP contribution in [-0.4, -0.2) is 16.5 Å². The molecule has 0 spiro atoms. The summed E-state index contributed by atoms with van der Waals surface area (Å²) in [5.74, 6) is 0.0981. The third-order valence-electron chi connectivity index (χ3n) is 4.61. The Hall–Kier alpha value is -3.74. The minimum atomic E-state index is 0.0490. The zero-order valence-electron chi connectivity index (χ0n) is 16.3. The van der Waals surface area contributed by atoms with E-state index in [1.165, 1.54) is 0 Å². The van der Waals surface area contributed by atoms with Crippen molar-refractivity contribution in [2.24, 2.45) is 40.0 Å². The molecule has 0 fully saturated rings. The SMILES string of the molecule is Cc1cc(N=C(N)N)ccc1-c1ccc(-c2ccc(N=C(N)N)cc2C)n1C. The number of hydrogen-bond donors (Lipinski definition) is 4. The van der Waals surface area contributed by atoms with Gasteiger partial charge in [-0.05, 0) is 61.4 Å². The molecule has 7 nitrogen and oxygen atoms in total. The van der Waals surface area contributed by atoms with Gasteiger partial charge in [0.1, 0.15) is 0 Å². The van der Waals surface area contributed by atoms with Gasteiger partial charge in [-0.25, -0.2) is 9.98 Å².